The molecule has 5 nitrogen and oxygen atoms in total. The molecular weight excluding hydrogens is 371 g/mol. The lowest BCUT2D eigenvalue weighted by Gasteiger charge is -2.25. The van der Waals surface area contributed by atoms with Crippen molar-refractivity contribution in [2.45, 2.75) is 12.6 Å². The zero-order valence-electron chi connectivity index (χ0n) is 15.3. The first-order valence-electron chi connectivity index (χ1n) is 9.04. The van der Waals surface area contributed by atoms with Crippen LogP contribution in [-0.4, -0.2) is 26.7 Å². The summed E-state index contributed by atoms with van der Waals surface area (Å²) in [6.45, 7) is 0.200. The van der Waals surface area contributed by atoms with Gasteiger partial charge in [-0.1, -0.05) is 36.4 Å². The molecule has 29 heavy (non-hydrogen) atoms. The zero-order chi connectivity index (χ0) is 20.4. The molecule has 0 radical (unpaired) electrons. The van der Waals surface area contributed by atoms with E-state index in [2.05, 4.69) is 4.98 Å². The minimum absolute atomic E-state index is 0.0365. The molecule has 3 aromatic rings. The zero-order valence-corrected chi connectivity index (χ0v) is 15.3. The number of likely N-dealkylation sites (tertiary alicyclic amines) is 1. The fourth-order valence-corrected chi connectivity index (χ4v) is 3.47. The average Bonchev–Trinajstić information content (AvgIpc) is 3.00. The second-order valence-corrected chi connectivity index (χ2v) is 6.71. The molecule has 0 saturated carbocycles. The lowest BCUT2D eigenvalue weighted by atomic mass is 9.96. The maximum Gasteiger partial charge on any atom is 0.295 e. The standard InChI is InChI=1S/C23H17FN2O3/c24-18-10-8-16(9-11-18)21(27)19-20(17-7-4-12-25-13-17)26(23(29)22(19)28)14-15-5-2-1-3-6-15/h1-13,20,27H,14H2/b21-19-. The van der Waals surface area contributed by atoms with Gasteiger partial charge in [-0.3, -0.25) is 14.6 Å². The number of carbonyl (C=O) groups excluding carboxylic acids is 2. The Balaban J connectivity index is 1.85. The first-order valence-corrected chi connectivity index (χ1v) is 9.04. The Bertz CT molecular complexity index is 1080. The van der Waals surface area contributed by atoms with Gasteiger partial charge < -0.3 is 10.0 Å². The summed E-state index contributed by atoms with van der Waals surface area (Å²) in [5.74, 6) is -2.29. The summed E-state index contributed by atoms with van der Waals surface area (Å²) >= 11 is 0. The number of Topliss-reactive ketones (excluding diaryl/α,β-unsaturated/α-hetero) is 1. The Hall–Kier alpha value is -3.80. The summed E-state index contributed by atoms with van der Waals surface area (Å²) in [5.41, 5.74) is 1.68. The Morgan fingerprint density at radius 3 is 2.38 bits per heavy atom. The highest BCUT2D eigenvalue weighted by Crippen LogP contribution is 2.39. The van der Waals surface area contributed by atoms with Crippen molar-refractivity contribution >= 4 is 17.4 Å². The van der Waals surface area contributed by atoms with Crippen molar-refractivity contribution in [3.63, 3.8) is 0 Å². The van der Waals surface area contributed by atoms with E-state index < -0.39 is 23.5 Å². The average molecular weight is 388 g/mol. The Kier molecular flexibility index (Phi) is 4.91. The van der Waals surface area contributed by atoms with Gasteiger partial charge in [0.15, 0.2) is 0 Å². The summed E-state index contributed by atoms with van der Waals surface area (Å²) in [6.07, 6.45) is 3.15. The maximum atomic E-state index is 13.3. The van der Waals surface area contributed by atoms with Crippen LogP contribution in [0.15, 0.2) is 84.7 Å². The van der Waals surface area contributed by atoms with E-state index in [9.17, 15) is 19.1 Å². The molecule has 144 valence electrons. The van der Waals surface area contributed by atoms with Crippen molar-refractivity contribution in [2.75, 3.05) is 0 Å². The van der Waals surface area contributed by atoms with Crippen molar-refractivity contribution in [3.8, 4) is 0 Å². The molecule has 2 aromatic carbocycles. The molecule has 2 heterocycles. The summed E-state index contributed by atoms with van der Waals surface area (Å²) < 4.78 is 13.3. The third-order valence-corrected chi connectivity index (χ3v) is 4.85. The summed E-state index contributed by atoms with van der Waals surface area (Å²) in [7, 11) is 0. The van der Waals surface area contributed by atoms with Gasteiger partial charge in [0, 0.05) is 24.5 Å². The highest BCUT2D eigenvalue weighted by Gasteiger charge is 2.46. The van der Waals surface area contributed by atoms with E-state index in [1.54, 1.807) is 24.5 Å². The van der Waals surface area contributed by atoms with E-state index in [0.717, 1.165) is 5.56 Å². The van der Waals surface area contributed by atoms with Crippen LogP contribution in [0.5, 0.6) is 0 Å². The largest absolute Gasteiger partial charge is 0.507 e. The number of aromatic nitrogens is 1. The maximum absolute atomic E-state index is 13.3. The third-order valence-electron chi connectivity index (χ3n) is 4.85. The molecule has 1 aromatic heterocycles. The van der Waals surface area contributed by atoms with Gasteiger partial charge in [0.25, 0.3) is 11.7 Å². The predicted molar refractivity (Wildman–Crippen MR) is 105 cm³/mol. The van der Waals surface area contributed by atoms with E-state index in [1.165, 1.54) is 29.2 Å². The van der Waals surface area contributed by atoms with Gasteiger partial charge in [-0.2, -0.15) is 0 Å². The van der Waals surface area contributed by atoms with Crippen LogP contribution < -0.4 is 0 Å². The molecule has 1 aliphatic heterocycles. The number of nitrogens with zero attached hydrogens (tertiary/aromatic N) is 2. The number of pyridine rings is 1. The monoisotopic (exact) mass is 388 g/mol. The predicted octanol–water partition coefficient (Wildman–Crippen LogP) is 3.84. The van der Waals surface area contributed by atoms with Crippen LogP contribution in [0, 0.1) is 5.82 Å². The normalized spacial score (nSPS) is 18.2. The van der Waals surface area contributed by atoms with Crippen LogP contribution in [-0.2, 0) is 16.1 Å². The van der Waals surface area contributed by atoms with Crippen LogP contribution in [0.4, 0.5) is 4.39 Å². The lowest BCUT2D eigenvalue weighted by molar-refractivity contribution is -0.140. The quantitative estimate of drug-likeness (QED) is 0.419. The van der Waals surface area contributed by atoms with Gasteiger partial charge in [0.05, 0.1) is 11.6 Å². The molecule has 1 saturated heterocycles. The smallest absolute Gasteiger partial charge is 0.295 e. The Morgan fingerprint density at radius 2 is 1.72 bits per heavy atom. The van der Waals surface area contributed by atoms with Gasteiger partial charge in [0.2, 0.25) is 0 Å². The van der Waals surface area contributed by atoms with E-state index >= 15 is 0 Å². The topological polar surface area (TPSA) is 70.5 Å². The van der Waals surface area contributed by atoms with E-state index in [-0.39, 0.29) is 23.4 Å². The van der Waals surface area contributed by atoms with E-state index in [1.807, 2.05) is 30.3 Å². The highest BCUT2D eigenvalue weighted by molar-refractivity contribution is 6.46. The molecule has 1 unspecified atom stereocenters. The van der Waals surface area contributed by atoms with Gasteiger partial charge >= 0.3 is 0 Å². The number of amides is 1. The van der Waals surface area contributed by atoms with E-state index in [4.69, 9.17) is 0 Å². The Morgan fingerprint density at radius 1 is 1.00 bits per heavy atom. The van der Waals surface area contributed by atoms with Crippen molar-refractivity contribution in [3.05, 3.63) is 107 Å². The number of hydrogen-bond donors (Lipinski definition) is 1. The van der Waals surface area contributed by atoms with Crippen LogP contribution in [0.2, 0.25) is 0 Å². The molecule has 1 fully saturated rings. The number of hydrogen-bond acceptors (Lipinski definition) is 4. The Labute approximate surface area is 166 Å². The summed E-state index contributed by atoms with van der Waals surface area (Å²) in [5, 5.41) is 10.9. The number of benzene rings is 2. The summed E-state index contributed by atoms with van der Waals surface area (Å²) in [6, 6.07) is 17.1. The molecule has 0 spiro atoms. The molecule has 1 amide bonds. The number of aliphatic hydroxyl groups excluding tert-OH is 1. The number of aliphatic hydroxyl groups is 1. The van der Waals surface area contributed by atoms with E-state index in [0.29, 0.717) is 5.56 Å². The molecule has 6 heteroatoms. The van der Waals surface area contributed by atoms with Crippen LogP contribution in [0.1, 0.15) is 22.7 Å². The van der Waals surface area contributed by atoms with Gasteiger partial charge in [0.1, 0.15) is 11.6 Å². The molecule has 4 rings (SSSR count). The fraction of sp³-hybridized carbons (Fsp3) is 0.0870. The highest BCUT2D eigenvalue weighted by atomic mass is 19.1. The second kappa shape index (κ2) is 7.67. The van der Waals surface area contributed by atoms with Crippen LogP contribution in [0.25, 0.3) is 5.76 Å². The minimum Gasteiger partial charge on any atom is -0.507 e. The van der Waals surface area contributed by atoms with Crippen LogP contribution >= 0.6 is 0 Å². The summed E-state index contributed by atoms with van der Waals surface area (Å²) in [4.78, 5) is 31.2. The first-order chi connectivity index (χ1) is 14.1. The third kappa shape index (κ3) is 3.52. The molecule has 1 atom stereocenters. The van der Waals surface area contributed by atoms with Crippen molar-refractivity contribution < 1.29 is 19.1 Å². The van der Waals surface area contributed by atoms with Crippen molar-refractivity contribution in [2.24, 2.45) is 0 Å². The molecule has 1 N–H and O–H groups in total. The molecule has 0 aliphatic carbocycles. The number of carbonyl (C=O) groups is 2. The lowest BCUT2D eigenvalue weighted by Crippen LogP contribution is -2.29. The number of rotatable bonds is 4. The van der Waals surface area contributed by atoms with Gasteiger partial charge in [-0.05, 0) is 41.5 Å². The van der Waals surface area contributed by atoms with Gasteiger partial charge in [-0.25, -0.2) is 4.39 Å². The second-order valence-electron chi connectivity index (χ2n) is 6.71. The number of ketones is 1. The first kappa shape index (κ1) is 18.6. The van der Waals surface area contributed by atoms with Gasteiger partial charge in [-0.15, -0.1) is 0 Å². The van der Waals surface area contributed by atoms with Crippen molar-refractivity contribution in [1.82, 2.24) is 9.88 Å². The minimum atomic E-state index is -0.797. The molecular formula is C23H17FN2O3. The molecule has 0 bridgehead atoms. The SMILES string of the molecule is O=C1C(=O)N(Cc2ccccc2)C(c2cccnc2)/C1=C(/O)c1ccc(F)cc1. The van der Waals surface area contributed by atoms with Crippen LogP contribution in [0.3, 0.4) is 0 Å². The molecule has 1 aliphatic rings. The van der Waals surface area contributed by atoms with Crippen molar-refractivity contribution in [1.29, 1.82) is 0 Å². The fourth-order valence-electron chi connectivity index (χ4n) is 3.47. The number of halogens is 1.